The molecule has 0 saturated carbocycles. The number of anilines is 1. The number of nitrogens with one attached hydrogen (secondary N) is 1. The van der Waals surface area contributed by atoms with E-state index in [0.717, 1.165) is 22.6 Å². The molecule has 4 nitrogen and oxygen atoms in total. The highest BCUT2D eigenvalue weighted by Crippen LogP contribution is 2.26. The molecule has 4 heteroatoms. The minimum Gasteiger partial charge on any atom is -0.492 e. The summed E-state index contributed by atoms with van der Waals surface area (Å²) < 4.78 is 5.62. The van der Waals surface area contributed by atoms with Crippen LogP contribution >= 0.6 is 0 Å². The molecule has 0 saturated heterocycles. The molecule has 2 aromatic rings. The van der Waals surface area contributed by atoms with Crippen molar-refractivity contribution in [2.45, 2.75) is 20.4 Å². The number of carboxylic acid groups (broad SMARTS) is 1. The molecule has 2 N–H and O–H groups in total. The Hall–Kier alpha value is -2.49. The molecule has 0 heterocycles. The molecule has 0 amide bonds. The largest absolute Gasteiger partial charge is 0.492 e. The third-order valence-electron chi connectivity index (χ3n) is 3.12. The van der Waals surface area contributed by atoms with Gasteiger partial charge < -0.3 is 15.2 Å². The van der Waals surface area contributed by atoms with Gasteiger partial charge in [-0.2, -0.15) is 0 Å². The van der Waals surface area contributed by atoms with Crippen LogP contribution in [0.5, 0.6) is 5.75 Å². The zero-order valence-electron chi connectivity index (χ0n) is 12.2. The molecular weight excluding hydrogens is 266 g/mol. The predicted molar refractivity (Wildman–Crippen MR) is 83.1 cm³/mol. The Bertz CT molecular complexity index is 620. The lowest BCUT2D eigenvalue weighted by molar-refractivity contribution is 0.0697. The summed E-state index contributed by atoms with van der Waals surface area (Å²) in [6.45, 7) is 5.21. The predicted octanol–water partition coefficient (Wildman–Crippen LogP) is 3.70. The van der Waals surface area contributed by atoms with Crippen LogP contribution in [0.2, 0.25) is 0 Å². The molecule has 2 aromatic carbocycles. The van der Waals surface area contributed by atoms with Crippen LogP contribution in [-0.2, 0) is 6.54 Å². The van der Waals surface area contributed by atoms with Gasteiger partial charge in [-0.1, -0.05) is 18.2 Å². The van der Waals surface area contributed by atoms with Gasteiger partial charge in [-0.05, 0) is 49.2 Å². The van der Waals surface area contributed by atoms with Crippen molar-refractivity contribution in [2.24, 2.45) is 0 Å². The second-order valence-corrected chi connectivity index (χ2v) is 4.79. The summed E-state index contributed by atoms with van der Waals surface area (Å²) in [6.07, 6.45) is 0. The van der Waals surface area contributed by atoms with Gasteiger partial charge in [0.15, 0.2) is 0 Å². The fraction of sp³-hybridized carbons (Fsp3) is 0.235. The van der Waals surface area contributed by atoms with Gasteiger partial charge in [-0.25, -0.2) is 4.79 Å². The molecule has 0 aliphatic carbocycles. The molecule has 0 bridgehead atoms. The van der Waals surface area contributed by atoms with Gasteiger partial charge >= 0.3 is 5.97 Å². The van der Waals surface area contributed by atoms with E-state index < -0.39 is 5.97 Å². The van der Waals surface area contributed by atoms with Crippen molar-refractivity contribution in [2.75, 3.05) is 11.9 Å². The summed E-state index contributed by atoms with van der Waals surface area (Å²) in [5, 5.41) is 12.2. The Balaban J connectivity index is 2.07. The molecule has 0 spiro atoms. The summed E-state index contributed by atoms with van der Waals surface area (Å²) in [7, 11) is 0. The van der Waals surface area contributed by atoms with Crippen LogP contribution in [0.15, 0.2) is 42.5 Å². The second-order valence-electron chi connectivity index (χ2n) is 4.79. The fourth-order valence-electron chi connectivity index (χ4n) is 2.01. The third-order valence-corrected chi connectivity index (χ3v) is 3.12. The monoisotopic (exact) mass is 285 g/mol. The van der Waals surface area contributed by atoms with Gasteiger partial charge in [0.1, 0.15) is 5.75 Å². The van der Waals surface area contributed by atoms with Crippen LogP contribution in [0.4, 0.5) is 5.69 Å². The SMILES string of the molecule is CCOc1cc(C)ccc1NCc1ccc(C(=O)O)cc1. The van der Waals surface area contributed by atoms with E-state index >= 15 is 0 Å². The first kappa shape index (κ1) is 14.9. The number of aromatic carboxylic acids is 1. The van der Waals surface area contributed by atoms with Gasteiger partial charge in [0.05, 0.1) is 17.9 Å². The first-order valence-electron chi connectivity index (χ1n) is 6.89. The average molecular weight is 285 g/mol. The zero-order chi connectivity index (χ0) is 15.2. The highest BCUT2D eigenvalue weighted by atomic mass is 16.5. The van der Waals surface area contributed by atoms with Crippen molar-refractivity contribution in [1.29, 1.82) is 0 Å². The minimum atomic E-state index is -0.910. The lowest BCUT2D eigenvalue weighted by atomic mass is 10.1. The number of hydrogen-bond acceptors (Lipinski definition) is 3. The maximum absolute atomic E-state index is 10.8. The molecule has 2 rings (SSSR count). The lowest BCUT2D eigenvalue weighted by Gasteiger charge is -2.13. The topological polar surface area (TPSA) is 58.6 Å². The van der Waals surface area contributed by atoms with Gasteiger partial charge in [-0.3, -0.25) is 0 Å². The summed E-state index contributed by atoms with van der Waals surface area (Å²) in [6, 6.07) is 12.9. The second kappa shape index (κ2) is 6.79. The molecule has 0 aliphatic rings. The summed E-state index contributed by atoms with van der Waals surface area (Å²) in [5.74, 6) is -0.0775. The van der Waals surface area contributed by atoms with Crippen LogP contribution in [-0.4, -0.2) is 17.7 Å². The number of carbonyl (C=O) groups is 1. The van der Waals surface area contributed by atoms with Gasteiger partial charge in [-0.15, -0.1) is 0 Å². The number of benzene rings is 2. The van der Waals surface area contributed by atoms with Crippen molar-refractivity contribution >= 4 is 11.7 Å². The third kappa shape index (κ3) is 3.99. The van der Waals surface area contributed by atoms with Crippen LogP contribution in [0.25, 0.3) is 0 Å². The molecule has 0 atom stereocenters. The zero-order valence-corrected chi connectivity index (χ0v) is 12.2. The normalized spacial score (nSPS) is 10.2. The van der Waals surface area contributed by atoms with Crippen molar-refractivity contribution in [3.05, 3.63) is 59.2 Å². The molecule has 0 fully saturated rings. The molecule has 0 unspecified atom stereocenters. The quantitative estimate of drug-likeness (QED) is 0.849. The maximum atomic E-state index is 10.8. The number of rotatable bonds is 6. The number of ether oxygens (including phenoxy) is 1. The van der Waals surface area contributed by atoms with Crippen LogP contribution in [0.3, 0.4) is 0 Å². The Morgan fingerprint density at radius 3 is 2.52 bits per heavy atom. The minimum absolute atomic E-state index is 0.295. The molecule has 110 valence electrons. The van der Waals surface area contributed by atoms with Crippen LogP contribution < -0.4 is 10.1 Å². The fourth-order valence-corrected chi connectivity index (χ4v) is 2.01. The summed E-state index contributed by atoms with van der Waals surface area (Å²) in [4.78, 5) is 10.8. The van der Waals surface area contributed by atoms with E-state index in [2.05, 4.69) is 5.32 Å². The van der Waals surface area contributed by atoms with Gasteiger partial charge in [0.2, 0.25) is 0 Å². The van der Waals surface area contributed by atoms with Crippen molar-refractivity contribution in [3.8, 4) is 5.75 Å². The van der Waals surface area contributed by atoms with E-state index in [0.29, 0.717) is 18.7 Å². The number of hydrogen-bond donors (Lipinski definition) is 2. The molecular formula is C17H19NO3. The van der Waals surface area contributed by atoms with E-state index in [1.807, 2.05) is 44.2 Å². The molecule has 0 aromatic heterocycles. The number of aryl methyl sites for hydroxylation is 1. The van der Waals surface area contributed by atoms with Gasteiger partial charge in [0.25, 0.3) is 0 Å². The van der Waals surface area contributed by atoms with E-state index in [-0.39, 0.29) is 0 Å². The van der Waals surface area contributed by atoms with Crippen molar-refractivity contribution < 1.29 is 14.6 Å². The summed E-state index contributed by atoms with van der Waals surface area (Å²) >= 11 is 0. The van der Waals surface area contributed by atoms with E-state index in [9.17, 15) is 4.79 Å². The van der Waals surface area contributed by atoms with Gasteiger partial charge in [0, 0.05) is 6.54 Å². The summed E-state index contributed by atoms with van der Waals surface area (Å²) in [5.41, 5.74) is 3.40. The van der Waals surface area contributed by atoms with Crippen LogP contribution in [0, 0.1) is 6.92 Å². The lowest BCUT2D eigenvalue weighted by Crippen LogP contribution is -2.03. The Labute approximate surface area is 124 Å². The molecule has 0 aliphatic heterocycles. The first-order chi connectivity index (χ1) is 10.1. The molecule has 21 heavy (non-hydrogen) atoms. The molecule has 0 radical (unpaired) electrons. The standard InChI is InChI=1S/C17H19NO3/c1-3-21-16-10-12(2)4-9-15(16)18-11-13-5-7-14(8-6-13)17(19)20/h4-10,18H,3,11H2,1-2H3,(H,19,20). The Kier molecular flexibility index (Phi) is 4.82. The van der Waals surface area contributed by atoms with E-state index in [1.165, 1.54) is 0 Å². The van der Waals surface area contributed by atoms with Crippen LogP contribution in [0.1, 0.15) is 28.4 Å². The Morgan fingerprint density at radius 2 is 1.90 bits per heavy atom. The Morgan fingerprint density at radius 1 is 1.19 bits per heavy atom. The first-order valence-corrected chi connectivity index (χ1v) is 6.89. The average Bonchev–Trinajstić information content (AvgIpc) is 2.47. The van der Waals surface area contributed by atoms with Crippen molar-refractivity contribution in [3.63, 3.8) is 0 Å². The van der Waals surface area contributed by atoms with Crippen molar-refractivity contribution in [1.82, 2.24) is 0 Å². The smallest absolute Gasteiger partial charge is 0.335 e. The highest BCUT2D eigenvalue weighted by Gasteiger charge is 2.05. The van der Waals surface area contributed by atoms with E-state index in [4.69, 9.17) is 9.84 Å². The van der Waals surface area contributed by atoms with E-state index in [1.54, 1.807) is 12.1 Å². The number of carboxylic acids is 1. The maximum Gasteiger partial charge on any atom is 0.335 e. The highest BCUT2D eigenvalue weighted by molar-refractivity contribution is 5.87.